The minimum Gasteiger partial charge on any atom is -0.493 e. The van der Waals surface area contributed by atoms with Gasteiger partial charge in [-0.15, -0.1) is 11.3 Å². The summed E-state index contributed by atoms with van der Waals surface area (Å²) in [4.78, 5) is 21.5. The first-order valence-electron chi connectivity index (χ1n) is 10.3. The summed E-state index contributed by atoms with van der Waals surface area (Å²) in [6.07, 6.45) is 1.000. The van der Waals surface area contributed by atoms with Crippen molar-refractivity contribution in [1.29, 1.82) is 0 Å². The van der Waals surface area contributed by atoms with Crippen LogP contribution >= 0.6 is 11.3 Å². The van der Waals surface area contributed by atoms with E-state index in [0.29, 0.717) is 5.13 Å². The fourth-order valence-corrected chi connectivity index (χ4v) is 4.66. The van der Waals surface area contributed by atoms with E-state index in [1.54, 1.807) is 0 Å². The lowest BCUT2D eigenvalue weighted by atomic mass is 10.1. The van der Waals surface area contributed by atoms with Gasteiger partial charge in [0.05, 0.1) is 12.3 Å². The van der Waals surface area contributed by atoms with Crippen LogP contribution < -0.4 is 10.1 Å². The van der Waals surface area contributed by atoms with E-state index in [2.05, 4.69) is 33.4 Å². The molecule has 0 bridgehead atoms. The van der Waals surface area contributed by atoms with Crippen LogP contribution in [0.3, 0.4) is 0 Å². The summed E-state index contributed by atoms with van der Waals surface area (Å²) in [5, 5.41) is 5.57. The topological polar surface area (TPSA) is 57.7 Å². The molecule has 2 amide bonds. The fraction of sp³-hybridized carbons (Fsp3) is 0.304. The first kappa shape index (κ1) is 19.1. The lowest BCUT2D eigenvalue weighted by Gasteiger charge is -2.34. The van der Waals surface area contributed by atoms with Crippen LogP contribution in [0, 0.1) is 0 Å². The zero-order chi connectivity index (χ0) is 20.3. The highest BCUT2D eigenvalue weighted by atomic mass is 32.1. The molecule has 6 nitrogen and oxygen atoms in total. The van der Waals surface area contributed by atoms with Crippen molar-refractivity contribution in [3.63, 3.8) is 0 Å². The highest BCUT2D eigenvalue weighted by Gasteiger charge is 2.22. The Bertz CT molecular complexity index is 1030. The number of hydrogen-bond donors (Lipinski definition) is 1. The number of rotatable bonds is 4. The molecule has 0 radical (unpaired) electrons. The number of urea groups is 1. The zero-order valence-corrected chi connectivity index (χ0v) is 17.5. The van der Waals surface area contributed by atoms with Crippen LogP contribution in [0.1, 0.15) is 11.1 Å². The van der Waals surface area contributed by atoms with Gasteiger partial charge in [-0.1, -0.05) is 42.5 Å². The Labute approximate surface area is 180 Å². The highest BCUT2D eigenvalue weighted by Crippen LogP contribution is 2.27. The zero-order valence-electron chi connectivity index (χ0n) is 16.7. The smallest absolute Gasteiger partial charge is 0.323 e. The van der Waals surface area contributed by atoms with Gasteiger partial charge in [0.1, 0.15) is 5.75 Å². The third kappa shape index (κ3) is 4.17. The van der Waals surface area contributed by atoms with E-state index in [-0.39, 0.29) is 6.03 Å². The molecule has 1 N–H and O–H groups in total. The van der Waals surface area contributed by atoms with Crippen molar-refractivity contribution < 1.29 is 9.53 Å². The molecule has 30 heavy (non-hydrogen) atoms. The van der Waals surface area contributed by atoms with Crippen LogP contribution in [-0.2, 0) is 13.0 Å². The molecule has 2 aliphatic rings. The predicted octanol–water partition coefficient (Wildman–Crippen LogP) is 4.09. The minimum atomic E-state index is -0.0710. The molecule has 0 saturated carbocycles. The lowest BCUT2D eigenvalue weighted by molar-refractivity contribution is 0.143. The van der Waals surface area contributed by atoms with Crippen LogP contribution in [0.2, 0.25) is 0 Å². The van der Waals surface area contributed by atoms with Gasteiger partial charge >= 0.3 is 6.03 Å². The molecule has 7 heteroatoms. The summed E-state index contributed by atoms with van der Waals surface area (Å²) >= 11 is 1.46. The van der Waals surface area contributed by atoms with E-state index in [1.165, 1.54) is 22.5 Å². The number of benzene rings is 2. The molecule has 3 aromatic rings. The molecule has 1 saturated heterocycles. The Hall–Kier alpha value is -2.90. The maximum atomic E-state index is 12.7. The first-order chi connectivity index (χ1) is 14.7. The fourth-order valence-electron chi connectivity index (χ4n) is 3.95. The average molecular weight is 421 g/mol. The molecule has 0 aliphatic carbocycles. The van der Waals surface area contributed by atoms with Gasteiger partial charge in [0.25, 0.3) is 0 Å². The first-order valence-corrected chi connectivity index (χ1v) is 11.2. The van der Waals surface area contributed by atoms with Gasteiger partial charge in [-0.25, -0.2) is 9.78 Å². The summed E-state index contributed by atoms with van der Waals surface area (Å²) in [5.74, 6) is 1.03. The monoisotopic (exact) mass is 420 g/mol. The SMILES string of the molecule is O=C(Nc1nc(-c2ccccc2)cs1)N1CCN(Cc2ccc3c(c2)CCO3)CC1. The number of thiazole rings is 1. The summed E-state index contributed by atoms with van der Waals surface area (Å²) in [7, 11) is 0. The molecule has 1 fully saturated rings. The number of amides is 2. The largest absolute Gasteiger partial charge is 0.493 e. The van der Waals surface area contributed by atoms with Crippen molar-refractivity contribution >= 4 is 22.5 Å². The molecule has 0 spiro atoms. The number of fused-ring (bicyclic) bond motifs is 1. The van der Waals surface area contributed by atoms with Gasteiger partial charge in [-0.2, -0.15) is 0 Å². The van der Waals surface area contributed by atoms with Gasteiger partial charge in [0.2, 0.25) is 0 Å². The quantitative estimate of drug-likeness (QED) is 0.691. The number of carbonyl (C=O) groups is 1. The second kappa shape index (κ2) is 8.45. The number of carbonyl (C=O) groups excluding carboxylic acids is 1. The molecule has 5 rings (SSSR count). The van der Waals surface area contributed by atoms with Crippen LogP contribution in [-0.4, -0.2) is 53.6 Å². The van der Waals surface area contributed by atoms with Crippen LogP contribution in [0.25, 0.3) is 11.3 Å². The number of nitrogens with one attached hydrogen (secondary N) is 1. The number of piperazine rings is 1. The van der Waals surface area contributed by atoms with E-state index in [9.17, 15) is 4.79 Å². The molecule has 154 valence electrons. The minimum absolute atomic E-state index is 0.0710. The number of anilines is 1. The summed E-state index contributed by atoms with van der Waals surface area (Å²) in [5.41, 5.74) is 4.57. The Morgan fingerprint density at radius 3 is 2.77 bits per heavy atom. The molecular formula is C23H24N4O2S. The van der Waals surface area contributed by atoms with E-state index in [4.69, 9.17) is 4.74 Å². The van der Waals surface area contributed by atoms with Crippen LogP contribution in [0.15, 0.2) is 53.9 Å². The molecule has 2 aliphatic heterocycles. The second-order valence-electron chi connectivity index (χ2n) is 7.64. The summed E-state index contributed by atoms with van der Waals surface area (Å²) in [6.45, 7) is 4.88. The van der Waals surface area contributed by atoms with Crippen LogP contribution in [0.4, 0.5) is 9.93 Å². The average Bonchev–Trinajstić information content (AvgIpc) is 3.44. The molecule has 1 aromatic heterocycles. The number of hydrogen-bond acceptors (Lipinski definition) is 5. The van der Waals surface area contributed by atoms with Crippen molar-refractivity contribution in [2.75, 3.05) is 38.1 Å². The maximum absolute atomic E-state index is 12.7. The van der Waals surface area contributed by atoms with Crippen molar-refractivity contribution in [2.45, 2.75) is 13.0 Å². The standard InChI is InChI=1S/C23H24N4O2S/c28-23(25-22-24-20(16-30-22)18-4-2-1-3-5-18)27-11-9-26(10-12-27)15-17-6-7-21-19(14-17)8-13-29-21/h1-7,14,16H,8-13,15H2,(H,24,25,28). The lowest BCUT2D eigenvalue weighted by Crippen LogP contribution is -2.49. The van der Waals surface area contributed by atoms with Gasteiger partial charge in [-0.3, -0.25) is 10.2 Å². The van der Waals surface area contributed by atoms with E-state index >= 15 is 0 Å². The van der Waals surface area contributed by atoms with Crippen molar-refractivity contribution in [3.05, 3.63) is 65.0 Å². The van der Waals surface area contributed by atoms with Gasteiger partial charge in [0, 0.05) is 50.1 Å². The molecule has 3 heterocycles. The van der Waals surface area contributed by atoms with E-state index in [0.717, 1.165) is 62.8 Å². The Morgan fingerprint density at radius 2 is 1.93 bits per heavy atom. The second-order valence-corrected chi connectivity index (χ2v) is 8.50. The van der Waals surface area contributed by atoms with E-state index in [1.807, 2.05) is 40.6 Å². The highest BCUT2D eigenvalue weighted by molar-refractivity contribution is 7.14. The third-order valence-electron chi connectivity index (χ3n) is 5.61. The molecule has 0 atom stereocenters. The Balaban J connectivity index is 1.13. The van der Waals surface area contributed by atoms with Crippen molar-refractivity contribution in [3.8, 4) is 17.0 Å². The summed E-state index contributed by atoms with van der Waals surface area (Å²) < 4.78 is 5.59. The number of aromatic nitrogens is 1. The normalized spacial score (nSPS) is 16.2. The van der Waals surface area contributed by atoms with Gasteiger partial charge in [0.15, 0.2) is 5.13 Å². The van der Waals surface area contributed by atoms with Crippen LogP contribution in [0.5, 0.6) is 5.75 Å². The molecular weight excluding hydrogens is 396 g/mol. The van der Waals surface area contributed by atoms with Gasteiger partial charge < -0.3 is 9.64 Å². The van der Waals surface area contributed by atoms with Gasteiger partial charge in [-0.05, 0) is 17.2 Å². The summed E-state index contributed by atoms with van der Waals surface area (Å²) in [6, 6.07) is 16.4. The number of ether oxygens (including phenoxy) is 1. The Kier molecular flexibility index (Phi) is 5.38. The molecule has 0 unspecified atom stereocenters. The van der Waals surface area contributed by atoms with E-state index < -0.39 is 0 Å². The maximum Gasteiger partial charge on any atom is 0.323 e. The predicted molar refractivity (Wildman–Crippen MR) is 119 cm³/mol. The molecule has 2 aromatic carbocycles. The third-order valence-corrected chi connectivity index (χ3v) is 6.36. The van der Waals surface area contributed by atoms with Crippen molar-refractivity contribution in [2.24, 2.45) is 0 Å². The Morgan fingerprint density at radius 1 is 1.10 bits per heavy atom. The van der Waals surface area contributed by atoms with Crippen molar-refractivity contribution in [1.82, 2.24) is 14.8 Å². The number of nitrogens with zero attached hydrogens (tertiary/aromatic N) is 3.